The van der Waals surface area contributed by atoms with Gasteiger partial charge in [-0.3, -0.25) is 4.90 Å². The van der Waals surface area contributed by atoms with Crippen LogP contribution in [0.2, 0.25) is 5.02 Å². The molecule has 0 radical (unpaired) electrons. The number of halogens is 2. The predicted octanol–water partition coefficient (Wildman–Crippen LogP) is 10.5. The smallest absolute Gasteiger partial charge is 0.347 e. The number of thiophene rings is 1. The van der Waals surface area contributed by atoms with Crippen molar-refractivity contribution >= 4 is 39.1 Å². The van der Waals surface area contributed by atoms with Gasteiger partial charge in [-0.15, -0.1) is 11.3 Å². The third-order valence-corrected chi connectivity index (χ3v) is 13.7. The van der Waals surface area contributed by atoms with Gasteiger partial charge < -0.3 is 23.8 Å². The molecule has 3 aliphatic heterocycles. The van der Waals surface area contributed by atoms with Crippen LogP contribution in [0.1, 0.15) is 54.1 Å². The van der Waals surface area contributed by atoms with Crippen LogP contribution in [-0.4, -0.2) is 81.7 Å². The van der Waals surface area contributed by atoms with Crippen LogP contribution >= 0.6 is 22.9 Å². The molecule has 1 atom stereocenters. The molecule has 0 aliphatic carbocycles. The number of aromatic nitrogens is 4. The summed E-state index contributed by atoms with van der Waals surface area (Å²) in [6.07, 6.45) is 5.82. The van der Waals surface area contributed by atoms with Gasteiger partial charge in [0.2, 0.25) is 12.0 Å². The topological polar surface area (TPSA) is 112 Å². The number of methoxy groups -OCH3 is 1. The number of likely N-dealkylation sites (tertiary alicyclic amines) is 1. The molecule has 1 fully saturated rings. The molecule has 65 heavy (non-hydrogen) atoms. The molecule has 7 aromatic rings. The number of carbonyl (C=O) groups is 1. The maximum absolute atomic E-state index is 14.3. The number of fused-ring (bicyclic) bond motifs is 6. The highest BCUT2D eigenvalue weighted by atomic mass is 35.5. The minimum atomic E-state index is -1.13. The summed E-state index contributed by atoms with van der Waals surface area (Å²) in [7, 11) is 1.62. The zero-order valence-corrected chi connectivity index (χ0v) is 38.3. The standard InChI is InChI=1S/C51H50ClFN6O5S/c1-4-62-51(60)43-27-36-26-33(12-19-41(36)63-30-38-20-21-54-48(57-38)40-10-6-7-11-42(40)61-3)28-59(25-24-58-22-8-5-9-23-58)29-35-15-18-39(32(2)46(35)52)44-45-49(64-43)55-31-56-50(45)65-47(44)34-13-16-37(53)17-14-34/h6-7,10-21,26,31,43H,4-5,8-9,22-25,27-30H2,1-3H3/t43-/m1/s1. The molecule has 0 saturated carbocycles. The van der Waals surface area contributed by atoms with Gasteiger partial charge in [-0.2, -0.15) is 0 Å². The van der Waals surface area contributed by atoms with Crippen LogP contribution in [0.5, 0.6) is 17.4 Å². The Labute approximate surface area is 387 Å². The van der Waals surface area contributed by atoms with E-state index in [2.05, 4.69) is 44.0 Å². The summed E-state index contributed by atoms with van der Waals surface area (Å²) in [6, 6.07) is 26.2. The number of nitrogens with zero attached hydrogens (tertiary/aromatic N) is 6. The van der Waals surface area contributed by atoms with Crippen molar-refractivity contribution in [3.63, 3.8) is 0 Å². The van der Waals surface area contributed by atoms with E-state index in [1.807, 2.05) is 43.3 Å². The fraction of sp³-hybridized carbons (Fsp3) is 0.314. The normalized spacial score (nSPS) is 15.7. The first-order chi connectivity index (χ1) is 31.8. The summed E-state index contributed by atoms with van der Waals surface area (Å²) in [4.78, 5) is 39.3. The third kappa shape index (κ3) is 9.84. The van der Waals surface area contributed by atoms with Gasteiger partial charge in [0.05, 0.1) is 30.4 Å². The Morgan fingerprint density at radius 2 is 1.71 bits per heavy atom. The van der Waals surface area contributed by atoms with E-state index in [0.29, 0.717) is 51.3 Å². The van der Waals surface area contributed by atoms with Crippen molar-refractivity contribution in [2.45, 2.75) is 65.3 Å². The molecule has 11 nitrogen and oxygen atoms in total. The Hall–Kier alpha value is -5.99. The van der Waals surface area contributed by atoms with Gasteiger partial charge in [0.1, 0.15) is 35.1 Å². The lowest BCUT2D eigenvalue weighted by Gasteiger charge is -2.31. The van der Waals surface area contributed by atoms with Crippen LogP contribution < -0.4 is 14.2 Å². The summed E-state index contributed by atoms with van der Waals surface area (Å²) in [5.41, 5.74) is 7.57. The summed E-state index contributed by atoms with van der Waals surface area (Å²) in [5.74, 6) is 1.09. The second-order valence-electron chi connectivity index (χ2n) is 16.4. The van der Waals surface area contributed by atoms with Gasteiger partial charge in [0.15, 0.2) is 5.82 Å². The number of rotatable bonds is 11. The first-order valence-corrected chi connectivity index (χ1v) is 23.3. The lowest BCUT2D eigenvalue weighted by molar-refractivity contribution is -0.151. The summed E-state index contributed by atoms with van der Waals surface area (Å²) >= 11 is 8.86. The highest BCUT2D eigenvalue weighted by molar-refractivity contribution is 7.22. The second-order valence-corrected chi connectivity index (χ2v) is 17.7. The fourth-order valence-corrected chi connectivity index (χ4v) is 10.1. The van der Waals surface area contributed by atoms with Gasteiger partial charge in [-0.25, -0.2) is 29.1 Å². The molecule has 0 N–H and O–H groups in total. The van der Waals surface area contributed by atoms with Gasteiger partial charge in [0.25, 0.3) is 0 Å². The molecular formula is C51H50ClFN6O5S. The van der Waals surface area contributed by atoms with Crippen LogP contribution in [-0.2, 0) is 35.6 Å². The maximum atomic E-state index is 14.3. The van der Waals surface area contributed by atoms with Gasteiger partial charge in [-0.1, -0.05) is 66.6 Å². The van der Waals surface area contributed by atoms with Crippen molar-refractivity contribution in [3.8, 4) is 50.3 Å². The molecule has 1 saturated heterocycles. The first kappa shape index (κ1) is 44.2. The van der Waals surface area contributed by atoms with E-state index >= 15 is 0 Å². The highest BCUT2D eigenvalue weighted by Gasteiger charge is 2.30. The van der Waals surface area contributed by atoms with Crippen molar-refractivity contribution in [2.24, 2.45) is 0 Å². The lowest BCUT2D eigenvalue weighted by atomic mass is 9.94. The Bertz CT molecular complexity index is 2820. The van der Waals surface area contributed by atoms with E-state index in [-0.39, 0.29) is 31.3 Å². The minimum Gasteiger partial charge on any atom is -0.496 e. The number of carbonyl (C=O) groups excluding carboxylic acids is 1. The molecule has 6 heterocycles. The number of esters is 1. The molecule has 334 valence electrons. The SMILES string of the molecule is CCOC(=O)[C@H]1Cc2cc(ccc2OCc2ccnc(-c3ccccc3OC)n2)CN(CCN2CCCCC2)Cc2ccc(c(C)c2Cl)-c2c(-c3ccc(F)cc3)sc3ncnc(c23)O1. The van der Waals surface area contributed by atoms with Crippen molar-refractivity contribution < 1.29 is 28.1 Å². The van der Waals surface area contributed by atoms with Crippen LogP contribution in [0.3, 0.4) is 0 Å². The van der Waals surface area contributed by atoms with Crippen molar-refractivity contribution in [1.29, 1.82) is 0 Å². The van der Waals surface area contributed by atoms with E-state index in [1.165, 1.54) is 49.1 Å². The summed E-state index contributed by atoms with van der Waals surface area (Å²) < 4.78 is 39.0. The van der Waals surface area contributed by atoms with Crippen molar-refractivity contribution in [3.05, 3.63) is 136 Å². The Balaban J connectivity index is 1.16. The van der Waals surface area contributed by atoms with Gasteiger partial charge >= 0.3 is 5.97 Å². The zero-order chi connectivity index (χ0) is 44.9. The average molecular weight is 914 g/mol. The molecule has 4 aromatic carbocycles. The van der Waals surface area contributed by atoms with Crippen LogP contribution in [0.4, 0.5) is 4.39 Å². The van der Waals surface area contributed by atoms with E-state index < -0.39 is 12.1 Å². The van der Waals surface area contributed by atoms with Crippen molar-refractivity contribution in [1.82, 2.24) is 29.7 Å². The lowest BCUT2D eigenvalue weighted by Crippen LogP contribution is -2.37. The number of hydrogen-bond acceptors (Lipinski definition) is 12. The zero-order valence-electron chi connectivity index (χ0n) is 36.7. The molecule has 0 amide bonds. The van der Waals surface area contributed by atoms with Crippen LogP contribution in [0.15, 0.2) is 97.5 Å². The second kappa shape index (κ2) is 20.0. The molecular weight excluding hydrogens is 863 g/mol. The molecule has 0 spiro atoms. The first-order valence-electron chi connectivity index (χ1n) is 22.1. The monoisotopic (exact) mass is 912 g/mol. The number of ether oxygens (including phenoxy) is 4. The Morgan fingerprint density at radius 3 is 2.52 bits per heavy atom. The number of hydrogen-bond donors (Lipinski definition) is 0. The minimum absolute atomic E-state index is 0.112. The number of piperidine rings is 1. The molecule has 14 heteroatoms. The van der Waals surface area contributed by atoms with E-state index in [1.54, 1.807) is 32.4 Å². The van der Waals surface area contributed by atoms with E-state index in [9.17, 15) is 9.18 Å². The molecule has 4 bridgehead atoms. The van der Waals surface area contributed by atoms with Crippen molar-refractivity contribution in [2.75, 3.05) is 39.9 Å². The third-order valence-electron chi connectivity index (χ3n) is 12.0. The number of para-hydroxylation sites is 1. The van der Waals surface area contributed by atoms with Crippen LogP contribution in [0, 0.1) is 12.7 Å². The quantitative estimate of drug-likeness (QED) is 0.116. The number of benzene rings is 4. The van der Waals surface area contributed by atoms with Gasteiger partial charge in [-0.05, 0) is 110 Å². The summed E-state index contributed by atoms with van der Waals surface area (Å²) in [5, 5.41) is 1.28. The van der Waals surface area contributed by atoms with Crippen LogP contribution in [0.25, 0.3) is 43.2 Å². The molecule has 0 unspecified atom stereocenters. The fourth-order valence-electron chi connectivity index (χ4n) is 8.73. The Kier molecular flexibility index (Phi) is 13.6. The maximum Gasteiger partial charge on any atom is 0.347 e. The molecule has 10 rings (SSSR count). The van der Waals surface area contributed by atoms with E-state index in [0.717, 1.165) is 75.6 Å². The highest BCUT2D eigenvalue weighted by Crippen LogP contribution is 2.49. The molecule has 3 aromatic heterocycles. The Morgan fingerprint density at radius 1 is 0.892 bits per heavy atom. The predicted molar refractivity (Wildman–Crippen MR) is 252 cm³/mol. The average Bonchev–Trinajstić information content (AvgIpc) is 3.72. The van der Waals surface area contributed by atoms with Gasteiger partial charge in [0, 0.05) is 54.3 Å². The summed E-state index contributed by atoms with van der Waals surface area (Å²) in [6.45, 7) is 9.26. The molecule has 3 aliphatic rings. The largest absolute Gasteiger partial charge is 0.496 e. The van der Waals surface area contributed by atoms with E-state index in [4.69, 9.17) is 40.5 Å².